The van der Waals surface area contributed by atoms with Gasteiger partial charge in [0.2, 0.25) is 0 Å². The van der Waals surface area contributed by atoms with Gasteiger partial charge in [0.25, 0.3) is 5.91 Å². The Hall–Kier alpha value is -1.84. The Morgan fingerprint density at radius 1 is 1.32 bits per heavy atom. The van der Waals surface area contributed by atoms with Crippen LogP contribution >= 0.6 is 0 Å². The summed E-state index contributed by atoms with van der Waals surface area (Å²) >= 11 is 0. The molecule has 0 spiro atoms. The quantitative estimate of drug-likeness (QED) is 0.743. The highest BCUT2D eigenvalue weighted by Crippen LogP contribution is 2.09. The van der Waals surface area contributed by atoms with Gasteiger partial charge in [0, 0.05) is 12.1 Å². The van der Waals surface area contributed by atoms with E-state index in [1.54, 1.807) is 6.92 Å². The van der Waals surface area contributed by atoms with E-state index in [1.807, 2.05) is 31.2 Å². The van der Waals surface area contributed by atoms with E-state index in [-0.39, 0.29) is 11.8 Å². The number of hydrogen-bond donors (Lipinski definition) is 2. The number of carbonyl (C=O) groups is 2. The predicted molar refractivity (Wildman–Crippen MR) is 74.2 cm³/mol. The number of amides is 1. The Kier molecular flexibility index (Phi) is 6.06. The Labute approximate surface area is 113 Å². The molecule has 4 nitrogen and oxygen atoms in total. The molecular weight excluding hydrogens is 242 g/mol. The summed E-state index contributed by atoms with van der Waals surface area (Å²) in [5.74, 6) is -1.23. The zero-order valence-corrected chi connectivity index (χ0v) is 11.5. The van der Waals surface area contributed by atoms with Crippen LogP contribution in [0, 0.1) is 5.92 Å². The lowest BCUT2D eigenvalue weighted by molar-refractivity contribution is -0.141. The molecule has 0 aromatic heterocycles. The maximum absolute atomic E-state index is 12.0. The van der Waals surface area contributed by atoms with Crippen LogP contribution in [0.4, 0.5) is 0 Å². The van der Waals surface area contributed by atoms with Gasteiger partial charge in [0.15, 0.2) is 0 Å². The van der Waals surface area contributed by atoms with Crippen molar-refractivity contribution in [3.05, 3.63) is 35.4 Å². The van der Waals surface area contributed by atoms with Crippen molar-refractivity contribution < 1.29 is 14.7 Å². The minimum absolute atomic E-state index is 0.0829. The third-order valence-electron chi connectivity index (χ3n) is 3.16. The number of carboxylic acid groups (broad SMARTS) is 1. The first-order valence-corrected chi connectivity index (χ1v) is 6.65. The average Bonchev–Trinajstić information content (AvgIpc) is 2.42. The van der Waals surface area contributed by atoms with E-state index in [9.17, 15) is 9.59 Å². The van der Waals surface area contributed by atoms with E-state index >= 15 is 0 Å². The minimum Gasteiger partial charge on any atom is -0.481 e. The molecule has 0 aliphatic rings. The van der Waals surface area contributed by atoms with Crippen LogP contribution in [-0.2, 0) is 11.2 Å². The molecule has 1 amide bonds. The molecule has 19 heavy (non-hydrogen) atoms. The molecule has 1 rings (SSSR count). The average molecular weight is 263 g/mol. The van der Waals surface area contributed by atoms with Crippen molar-refractivity contribution in [3.8, 4) is 0 Å². The number of hydrogen-bond acceptors (Lipinski definition) is 2. The van der Waals surface area contributed by atoms with E-state index in [2.05, 4.69) is 5.32 Å². The van der Waals surface area contributed by atoms with E-state index in [0.717, 1.165) is 12.0 Å². The molecule has 0 fully saturated rings. The van der Waals surface area contributed by atoms with Gasteiger partial charge in [-0.2, -0.15) is 0 Å². The summed E-state index contributed by atoms with van der Waals surface area (Å²) in [6, 6.07) is 7.53. The first kappa shape index (κ1) is 15.2. The molecule has 104 valence electrons. The van der Waals surface area contributed by atoms with E-state index in [4.69, 9.17) is 5.11 Å². The molecule has 0 aliphatic heterocycles. The second-order valence-electron chi connectivity index (χ2n) is 4.65. The van der Waals surface area contributed by atoms with Crippen LogP contribution in [-0.4, -0.2) is 23.5 Å². The first-order valence-electron chi connectivity index (χ1n) is 6.65. The third-order valence-corrected chi connectivity index (χ3v) is 3.16. The molecule has 0 saturated heterocycles. The normalized spacial score (nSPS) is 11.9. The Morgan fingerprint density at radius 2 is 2.00 bits per heavy atom. The fourth-order valence-corrected chi connectivity index (χ4v) is 1.88. The number of rotatable bonds is 7. The van der Waals surface area contributed by atoms with Gasteiger partial charge in [-0.05, 0) is 30.9 Å². The summed E-state index contributed by atoms with van der Waals surface area (Å²) in [6.07, 6.45) is 2.07. The SMILES string of the molecule is CCc1ccccc1C(=O)NCCCC(C)C(=O)O. The van der Waals surface area contributed by atoms with Gasteiger partial charge in [-0.3, -0.25) is 9.59 Å². The van der Waals surface area contributed by atoms with E-state index in [0.29, 0.717) is 24.9 Å². The number of aryl methyl sites for hydroxylation is 1. The topological polar surface area (TPSA) is 66.4 Å². The van der Waals surface area contributed by atoms with Crippen LogP contribution in [0.5, 0.6) is 0 Å². The summed E-state index contributed by atoms with van der Waals surface area (Å²) in [4.78, 5) is 22.6. The lowest BCUT2D eigenvalue weighted by Gasteiger charge is -2.09. The van der Waals surface area contributed by atoms with Gasteiger partial charge >= 0.3 is 5.97 Å². The van der Waals surface area contributed by atoms with Crippen molar-refractivity contribution >= 4 is 11.9 Å². The predicted octanol–water partition coefficient (Wildman–Crippen LogP) is 2.48. The van der Waals surface area contributed by atoms with Crippen molar-refractivity contribution in [3.63, 3.8) is 0 Å². The maximum atomic E-state index is 12.0. The first-order chi connectivity index (χ1) is 9.06. The van der Waals surface area contributed by atoms with E-state index in [1.165, 1.54) is 0 Å². The maximum Gasteiger partial charge on any atom is 0.306 e. The van der Waals surface area contributed by atoms with Crippen molar-refractivity contribution in [2.45, 2.75) is 33.1 Å². The zero-order chi connectivity index (χ0) is 14.3. The molecule has 1 aromatic rings. The van der Waals surface area contributed by atoms with Gasteiger partial charge in [-0.15, -0.1) is 0 Å². The molecule has 1 atom stereocenters. The van der Waals surface area contributed by atoms with Crippen LogP contribution in [0.15, 0.2) is 24.3 Å². The zero-order valence-electron chi connectivity index (χ0n) is 11.5. The Balaban J connectivity index is 2.41. The molecule has 0 aliphatic carbocycles. The molecule has 1 aromatic carbocycles. The summed E-state index contributed by atoms with van der Waals surface area (Å²) in [7, 11) is 0. The standard InChI is InChI=1S/C15H21NO3/c1-3-12-8-4-5-9-13(12)14(17)16-10-6-7-11(2)15(18)19/h4-5,8-9,11H,3,6-7,10H2,1-2H3,(H,16,17)(H,18,19). The number of carbonyl (C=O) groups excluding carboxylic acids is 1. The van der Waals surface area contributed by atoms with Gasteiger partial charge in [-0.1, -0.05) is 32.0 Å². The number of nitrogens with one attached hydrogen (secondary N) is 1. The van der Waals surface area contributed by atoms with Crippen LogP contribution in [0.2, 0.25) is 0 Å². The van der Waals surface area contributed by atoms with Crippen LogP contribution in [0.25, 0.3) is 0 Å². The van der Waals surface area contributed by atoms with Crippen molar-refractivity contribution in [2.24, 2.45) is 5.92 Å². The molecule has 2 N–H and O–H groups in total. The van der Waals surface area contributed by atoms with Gasteiger partial charge in [-0.25, -0.2) is 0 Å². The Bertz CT molecular complexity index is 443. The highest BCUT2D eigenvalue weighted by molar-refractivity contribution is 5.95. The third kappa shape index (κ3) is 4.73. The van der Waals surface area contributed by atoms with Crippen molar-refractivity contribution in [1.29, 1.82) is 0 Å². The van der Waals surface area contributed by atoms with Gasteiger partial charge in [0.1, 0.15) is 0 Å². The molecule has 4 heteroatoms. The fourth-order valence-electron chi connectivity index (χ4n) is 1.88. The fraction of sp³-hybridized carbons (Fsp3) is 0.467. The lowest BCUT2D eigenvalue weighted by atomic mass is 10.0. The lowest BCUT2D eigenvalue weighted by Crippen LogP contribution is -2.26. The minimum atomic E-state index is -0.789. The summed E-state index contributed by atoms with van der Waals surface area (Å²) in [6.45, 7) is 4.20. The largest absolute Gasteiger partial charge is 0.481 e. The van der Waals surface area contributed by atoms with Crippen LogP contribution in [0.1, 0.15) is 42.6 Å². The second-order valence-corrected chi connectivity index (χ2v) is 4.65. The molecule has 0 saturated carbocycles. The Morgan fingerprint density at radius 3 is 2.63 bits per heavy atom. The monoisotopic (exact) mass is 263 g/mol. The number of benzene rings is 1. The van der Waals surface area contributed by atoms with E-state index < -0.39 is 5.97 Å². The molecular formula is C15H21NO3. The highest BCUT2D eigenvalue weighted by Gasteiger charge is 2.11. The highest BCUT2D eigenvalue weighted by atomic mass is 16.4. The molecule has 0 heterocycles. The van der Waals surface area contributed by atoms with Crippen molar-refractivity contribution in [2.75, 3.05) is 6.54 Å². The summed E-state index contributed by atoms with van der Waals surface area (Å²) in [5.41, 5.74) is 1.73. The summed E-state index contributed by atoms with van der Waals surface area (Å²) < 4.78 is 0. The smallest absolute Gasteiger partial charge is 0.306 e. The van der Waals surface area contributed by atoms with Crippen LogP contribution in [0.3, 0.4) is 0 Å². The number of carboxylic acids is 1. The van der Waals surface area contributed by atoms with Crippen LogP contribution < -0.4 is 5.32 Å². The second kappa shape index (κ2) is 7.56. The van der Waals surface area contributed by atoms with Crippen molar-refractivity contribution in [1.82, 2.24) is 5.32 Å². The molecule has 0 bridgehead atoms. The molecule has 0 radical (unpaired) electrons. The van der Waals surface area contributed by atoms with Gasteiger partial charge in [0.05, 0.1) is 5.92 Å². The number of aliphatic carboxylic acids is 1. The van der Waals surface area contributed by atoms with Gasteiger partial charge < -0.3 is 10.4 Å². The molecule has 1 unspecified atom stereocenters. The summed E-state index contributed by atoms with van der Waals surface area (Å²) in [5, 5.41) is 11.6.